The van der Waals surface area contributed by atoms with Crippen molar-refractivity contribution in [1.82, 2.24) is 0 Å². The van der Waals surface area contributed by atoms with Gasteiger partial charge in [0, 0.05) is 11.6 Å². The van der Waals surface area contributed by atoms with Gasteiger partial charge in [-0.2, -0.15) is 0 Å². The van der Waals surface area contributed by atoms with Crippen molar-refractivity contribution in [2.75, 3.05) is 0 Å². The number of nitro groups is 1. The van der Waals surface area contributed by atoms with Gasteiger partial charge in [0.1, 0.15) is 8.76 Å². The predicted molar refractivity (Wildman–Crippen MR) is 64.1 cm³/mol. The first-order chi connectivity index (χ1) is 6.93. The summed E-state index contributed by atoms with van der Waals surface area (Å²) in [7, 11) is 0. The lowest BCUT2D eigenvalue weighted by Crippen LogP contribution is -2.07. The van der Waals surface area contributed by atoms with Crippen LogP contribution in [0, 0.1) is 10.1 Å². The number of rotatable bonds is 3. The molecule has 0 heterocycles. The van der Waals surface area contributed by atoms with E-state index in [0.29, 0.717) is 0 Å². The molecule has 0 N–H and O–H groups in total. The first-order valence-corrected chi connectivity index (χ1v) is 5.90. The molecular weight excluding hydrogens is 353 g/mol. The highest BCUT2D eigenvalue weighted by atomic mass is 79.9. The van der Waals surface area contributed by atoms with Gasteiger partial charge in [0.2, 0.25) is 0 Å². The normalized spacial score (nSPS) is 10.4. The third-order valence-electron chi connectivity index (χ3n) is 1.63. The molecule has 1 aromatic rings. The predicted octanol–water partition coefficient (Wildman–Crippen LogP) is 3.55. The topological polar surface area (TPSA) is 60.2 Å². The van der Waals surface area contributed by atoms with Crippen LogP contribution in [0.4, 0.5) is 5.69 Å². The second kappa shape index (κ2) is 5.05. The average molecular weight is 357 g/mol. The van der Waals surface area contributed by atoms with Crippen LogP contribution >= 0.6 is 43.5 Å². The molecule has 1 aromatic carbocycles. The Kier molecular flexibility index (Phi) is 4.24. The van der Waals surface area contributed by atoms with Crippen molar-refractivity contribution < 1.29 is 9.72 Å². The summed E-state index contributed by atoms with van der Waals surface area (Å²) in [5.74, 6) is -0.297. The van der Waals surface area contributed by atoms with E-state index in [9.17, 15) is 14.9 Å². The first-order valence-electron chi connectivity index (χ1n) is 3.70. The van der Waals surface area contributed by atoms with Gasteiger partial charge in [-0.25, -0.2) is 0 Å². The summed E-state index contributed by atoms with van der Waals surface area (Å²) in [6, 6.07) is 3.92. The highest BCUT2D eigenvalue weighted by Crippen LogP contribution is 2.27. The zero-order chi connectivity index (χ0) is 11.6. The highest BCUT2D eigenvalue weighted by Gasteiger charge is 2.19. The summed E-state index contributed by atoms with van der Waals surface area (Å²) in [5.41, 5.74) is -0.0481. The van der Waals surface area contributed by atoms with Gasteiger partial charge in [-0.3, -0.25) is 14.9 Å². The number of hydrogen-bond donors (Lipinski definition) is 0. The van der Waals surface area contributed by atoms with Gasteiger partial charge >= 0.3 is 0 Å². The van der Waals surface area contributed by atoms with E-state index in [-0.39, 0.29) is 22.1 Å². The van der Waals surface area contributed by atoms with Crippen LogP contribution in [0.25, 0.3) is 0 Å². The van der Waals surface area contributed by atoms with Crippen LogP contribution in [-0.2, 0) is 0 Å². The standard InChI is InChI=1S/C8H4Br2ClNO3/c9-8(10)7(13)4-1-2-5(11)6(3-4)12(14)15/h1-3,8H. The first kappa shape index (κ1) is 12.6. The number of carbonyl (C=O) groups is 1. The molecular formula is C8H4Br2ClNO3. The largest absolute Gasteiger partial charge is 0.292 e. The summed E-state index contributed by atoms with van der Waals surface area (Å²) in [4.78, 5) is 21.4. The van der Waals surface area contributed by atoms with Gasteiger partial charge in [-0.1, -0.05) is 43.5 Å². The van der Waals surface area contributed by atoms with Crippen LogP contribution < -0.4 is 0 Å². The molecule has 0 unspecified atom stereocenters. The fourth-order valence-corrected chi connectivity index (χ4v) is 1.65. The molecule has 0 aliphatic carbocycles. The number of hydrogen-bond acceptors (Lipinski definition) is 3. The molecule has 4 nitrogen and oxygen atoms in total. The molecule has 0 radical (unpaired) electrons. The van der Waals surface area contributed by atoms with Crippen LogP contribution in [0.2, 0.25) is 5.02 Å². The molecule has 0 saturated carbocycles. The molecule has 0 bridgehead atoms. The fourth-order valence-electron chi connectivity index (χ4n) is 0.932. The third-order valence-corrected chi connectivity index (χ3v) is 2.78. The lowest BCUT2D eigenvalue weighted by Gasteiger charge is -2.02. The average Bonchev–Trinajstić information content (AvgIpc) is 2.16. The molecule has 0 amide bonds. The minimum absolute atomic E-state index is 0.0113. The van der Waals surface area contributed by atoms with Crippen LogP contribution in [-0.4, -0.2) is 14.4 Å². The number of ketones is 1. The number of carbonyl (C=O) groups excluding carboxylic acids is 1. The van der Waals surface area contributed by atoms with E-state index in [1.807, 2.05) is 0 Å². The maximum atomic E-state index is 11.5. The zero-order valence-electron chi connectivity index (χ0n) is 7.12. The lowest BCUT2D eigenvalue weighted by molar-refractivity contribution is -0.384. The molecule has 1 rings (SSSR count). The van der Waals surface area contributed by atoms with Crippen molar-refractivity contribution in [3.63, 3.8) is 0 Å². The minimum atomic E-state index is -0.628. The summed E-state index contributed by atoms with van der Waals surface area (Å²) in [5, 5.41) is 10.6. The molecule has 0 aromatic heterocycles. The van der Waals surface area contributed by atoms with E-state index in [2.05, 4.69) is 31.9 Å². The van der Waals surface area contributed by atoms with Gasteiger partial charge in [0.15, 0.2) is 5.78 Å². The van der Waals surface area contributed by atoms with Crippen LogP contribution in [0.5, 0.6) is 0 Å². The van der Waals surface area contributed by atoms with E-state index < -0.39 is 8.66 Å². The van der Waals surface area contributed by atoms with E-state index >= 15 is 0 Å². The van der Waals surface area contributed by atoms with Crippen molar-refractivity contribution in [3.8, 4) is 0 Å². The number of nitro benzene ring substituents is 1. The Labute approximate surface area is 107 Å². The smallest absolute Gasteiger partial charge is 0.288 e. The quantitative estimate of drug-likeness (QED) is 0.360. The maximum absolute atomic E-state index is 11.5. The Bertz CT molecular complexity index is 422. The molecule has 0 fully saturated rings. The van der Waals surface area contributed by atoms with Gasteiger partial charge in [0.05, 0.1) is 4.92 Å². The van der Waals surface area contributed by atoms with E-state index in [0.717, 1.165) is 6.07 Å². The molecule has 0 aliphatic heterocycles. The number of alkyl halides is 2. The van der Waals surface area contributed by atoms with Crippen LogP contribution in [0.1, 0.15) is 10.4 Å². The summed E-state index contributed by atoms with van der Waals surface area (Å²) >= 11 is 11.6. The molecule has 0 aliphatic rings. The van der Waals surface area contributed by atoms with Gasteiger partial charge in [-0.05, 0) is 12.1 Å². The Hall–Kier alpha value is -0.460. The fraction of sp³-hybridized carbons (Fsp3) is 0.125. The molecule has 0 saturated heterocycles. The van der Waals surface area contributed by atoms with Crippen LogP contribution in [0.15, 0.2) is 18.2 Å². The Balaban J connectivity index is 3.19. The molecule has 0 spiro atoms. The number of Topliss-reactive ketones (excluding diaryl/α,β-unsaturated/α-hetero) is 1. The molecule has 7 heteroatoms. The van der Waals surface area contributed by atoms with Crippen LogP contribution in [0.3, 0.4) is 0 Å². The van der Waals surface area contributed by atoms with Crippen molar-refractivity contribution in [2.24, 2.45) is 0 Å². The van der Waals surface area contributed by atoms with Crippen molar-refractivity contribution >= 4 is 54.9 Å². The second-order valence-electron chi connectivity index (χ2n) is 2.59. The van der Waals surface area contributed by atoms with E-state index in [1.165, 1.54) is 12.1 Å². The highest BCUT2D eigenvalue weighted by molar-refractivity contribution is 9.25. The monoisotopic (exact) mass is 355 g/mol. The summed E-state index contributed by atoms with van der Waals surface area (Å²) in [6.45, 7) is 0. The molecule has 15 heavy (non-hydrogen) atoms. The molecule has 80 valence electrons. The summed E-state index contributed by atoms with van der Waals surface area (Å²) in [6.07, 6.45) is 0. The SMILES string of the molecule is O=C(c1ccc(Cl)c([N+](=O)[O-])c1)C(Br)Br. The Morgan fingerprint density at radius 2 is 2.07 bits per heavy atom. The minimum Gasteiger partial charge on any atom is -0.292 e. The van der Waals surface area contributed by atoms with E-state index in [1.54, 1.807) is 0 Å². The maximum Gasteiger partial charge on any atom is 0.288 e. The van der Waals surface area contributed by atoms with Crippen molar-refractivity contribution in [3.05, 3.63) is 38.9 Å². The van der Waals surface area contributed by atoms with E-state index in [4.69, 9.17) is 11.6 Å². The van der Waals surface area contributed by atoms with Gasteiger partial charge < -0.3 is 0 Å². The molecule has 0 atom stereocenters. The van der Waals surface area contributed by atoms with Crippen molar-refractivity contribution in [2.45, 2.75) is 3.74 Å². The lowest BCUT2D eigenvalue weighted by atomic mass is 10.1. The Morgan fingerprint density at radius 3 is 2.53 bits per heavy atom. The van der Waals surface area contributed by atoms with Gasteiger partial charge in [0.25, 0.3) is 5.69 Å². The second-order valence-corrected chi connectivity index (χ2v) is 6.06. The van der Waals surface area contributed by atoms with Crippen molar-refractivity contribution in [1.29, 1.82) is 0 Å². The summed E-state index contributed by atoms with van der Waals surface area (Å²) < 4.78 is -0.564. The number of benzene rings is 1. The number of halogens is 3. The van der Waals surface area contributed by atoms with Gasteiger partial charge in [-0.15, -0.1) is 0 Å². The number of nitrogens with zero attached hydrogens (tertiary/aromatic N) is 1. The third kappa shape index (κ3) is 2.99. The Morgan fingerprint density at radius 1 is 1.47 bits per heavy atom. The zero-order valence-corrected chi connectivity index (χ0v) is 11.0.